The molecule has 0 aliphatic rings. The average molecular weight is 447 g/mol. The first-order valence-corrected chi connectivity index (χ1v) is 10.6. The first-order valence-electron chi connectivity index (χ1n) is 9.81. The highest BCUT2D eigenvalue weighted by Gasteiger charge is 2.09. The van der Waals surface area contributed by atoms with Gasteiger partial charge < -0.3 is 11.1 Å². The molecule has 4 rings (SSSR count). The number of benzene rings is 3. The van der Waals surface area contributed by atoms with Crippen molar-refractivity contribution >= 4 is 44.3 Å². The van der Waals surface area contributed by atoms with E-state index in [0.29, 0.717) is 5.82 Å². The maximum atomic E-state index is 5.94. The Morgan fingerprint density at radius 1 is 0.931 bits per heavy atom. The van der Waals surface area contributed by atoms with Crippen molar-refractivity contribution in [1.29, 1.82) is 0 Å². The van der Waals surface area contributed by atoms with E-state index in [2.05, 4.69) is 74.5 Å². The van der Waals surface area contributed by atoms with Crippen molar-refractivity contribution in [3.8, 4) is 11.1 Å². The van der Waals surface area contributed by atoms with E-state index in [1.54, 1.807) is 0 Å². The second-order valence-electron chi connectivity index (χ2n) is 7.10. The van der Waals surface area contributed by atoms with E-state index in [0.717, 1.165) is 33.0 Å². The lowest BCUT2D eigenvalue weighted by Crippen LogP contribution is -2.01. The molecular weight excluding hydrogens is 424 g/mol. The van der Waals surface area contributed by atoms with E-state index in [4.69, 9.17) is 5.73 Å². The Kier molecular flexibility index (Phi) is 5.76. The van der Waals surface area contributed by atoms with Crippen molar-refractivity contribution in [3.63, 3.8) is 0 Å². The van der Waals surface area contributed by atoms with Crippen LogP contribution in [-0.2, 0) is 6.42 Å². The van der Waals surface area contributed by atoms with Crippen LogP contribution in [0.5, 0.6) is 0 Å². The van der Waals surface area contributed by atoms with Gasteiger partial charge in [-0.2, -0.15) is 4.98 Å². The van der Waals surface area contributed by atoms with Gasteiger partial charge in [0.15, 0.2) is 0 Å². The highest BCUT2D eigenvalue weighted by Crippen LogP contribution is 2.30. The fourth-order valence-corrected chi connectivity index (χ4v) is 3.77. The summed E-state index contributed by atoms with van der Waals surface area (Å²) >= 11 is 3.51. The van der Waals surface area contributed by atoms with Crippen LogP contribution in [0.2, 0.25) is 0 Å². The number of nitrogen functional groups attached to an aromatic ring is 1. The Labute approximate surface area is 179 Å². The topological polar surface area (TPSA) is 63.8 Å². The standard InChI is InChI=1S/C24H23BrN4/c1-2-3-5-16-8-10-17(11-9-16)18-12-13-22-21(14-18)23(29-24(26)28-22)27-20-7-4-6-19(25)15-20/h4,6-15H,2-3,5H2,1H3,(H3,26,27,28,29). The predicted octanol–water partition coefficient (Wildman–Crippen LogP) is 6.73. The van der Waals surface area contributed by atoms with Gasteiger partial charge in [-0.3, -0.25) is 0 Å². The van der Waals surface area contributed by atoms with Crippen molar-refractivity contribution in [1.82, 2.24) is 9.97 Å². The van der Waals surface area contributed by atoms with Crippen LogP contribution in [0.4, 0.5) is 17.5 Å². The Hall–Kier alpha value is -2.92. The van der Waals surface area contributed by atoms with Crippen molar-refractivity contribution in [3.05, 3.63) is 76.8 Å². The lowest BCUT2D eigenvalue weighted by molar-refractivity contribution is 0.795. The monoisotopic (exact) mass is 446 g/mol. The lowest BCUT2D eigenvalue weighted by atomic mass is 10.0. The van der Waals surface area contributed by atoms with Gasteiger partial charge in [-0.1, -0.05) is 65.7 Å². The van der Waals surface area contributed by atoms with E-state index in [9.17, 15) is 0 Å². The van der Waals surface area contributed by atoms with Crippen LogP contribution in [0.3, 0.4) is 0 Å². The number of halogens is 1. The van der Waals surface area contributed by atoms with E-state index >= 15 is 0 Å². The van der Waals surface area contributed by atoms with Gasteiger partial charge in [0.05, 0.1) is 5.52 Å². The molecule has 4 aromatic rings. The third-order valence-corrected chi connectivity index (χ3v) is 5.40. The molecule has 0 radical (unpaired) electrons. The number of rotatable bonds is 6. The predicted molar refractivity (Wildman–Crippen MR) is 125 cm³/mol. The number of hydrogen-bond acceptors (Lipinski definition) is 4. The van der Waals surface area contributed by atoms with Crippen LogP contribution in [-0.4, -0.2) is 9.97 Å². The Bertz CT molecular complexity index is 1140. The number of nitrogens with one attached hydrogen (secondary N) is 1. The van der Waals surface area contributed by atoms with Crippen molar-refractivity contribution in [2.24, 2.45) is 0 Å². The minimum absolute atomic E-state index is 0.253. The zero-order valence-electron chi connectivity index (χ0n) is 16.3. The van der Waals surface area contributed by atoms with E-state index in [1.165, 1.54) is 24.0 Å². The van der Waals surface area contributed by atoms with Gasteiger partial charge in [-0.25, -0.2) is 4.98 Å². The van der Waals surface area contributed by atoms with Gasteiger partial charge in [0, 0.05) is 15.5 Å². The molecule has 0 aliphatic heterocycles. The first-order chi connectivity index (χ1) is 14.1. The van der Waals surface area contributed by atoms with Crippen molar-refractivity contribution in [2.75, 3.05) is 11.1 Å². The number of fused-ring (bicyclic) bond motifs is 1. The SMILES string of the molecule is CCCCc1ccc(-c2ccc3nc(N)nc(Nc4cccc(Br)c4)c3c2)cc1. The summed E-state index contributed by atoms with van der Waals surface area (Å²) in [6.07, 6.45) is 3.56. The van der Waals surface area contributed by atoms with Gasteiger partial charge in [-0.15, -0.1) is 0 Å². The second kappa shape index (κ2) is 8.62. The van der Waals surface area contributed by atoms with E-state index < -0.39 is 0 Å². The fraction of sp³-hybridized carbons (Fsp3) is 0.167. The number of nitrogens with two attached hydrogens (primary N) is 1. The molecular formula is C24H23BrN4. The van der Waals surface area contributed by atoms with Crippen LogP contribution in [0.1, 0.15) is 25.3 Å². The van der Waals surface area contributed by atoms with Crippen molar-refractivity contribution < 1.29 is 0 Å². The van der Waals surface area contributed by atoms with Crippen LogP contribution in [0.25, 0.3) is 22.0 Å². The van der Waals surface area contributed by atoms with Gasteiger partial charge in [-0.05, 0) is 59.9 Å². The minimum Gasteiger partial charge on any atom is -0.368 e. The molecule has 0 spiro atoms. The van der Waals surface area contributed by atoms with Gasteiger partial charge >= 0.3 is 0 Å². The number of aromatic nitrogens is 2. The summed E-state index contributed by atoms with van der Waals surface area (Å²) in [5.41, 5.74) is 11.4. The van der Waals surface area contributed by atoms with Crippen LogP contribution in [0, 0.1) is 0 Å². The number of nitrogens with zero attached hydrogens (tertiary/aromatic N) is 2. The lowest BCUT2D eigenvalue weighted by Gasteiger charge is -2.11. The quantitative estimate of drug-likeness (QED) is 0.344. The van der Waals surface area contributed by atoms with E-state index in [1.807, 2.05) is 30.3 Å². The maximum Gasteiger partial charge on any atom is 0.222 e. The number of anilines is 3. The van der Waals surface area contributed by atoms with Crippen molar-refractivity contribution in [2.45, 2.75) is 26.2 Å². The fourth-order valence-electron chi connectivity index (χ4n) is 3.37. The molecule has 146 valence electrons. The zero-order valence-corrected chi connectivity index (χ0v) is 17.9. The molecule has 0 amide bonds. The first kappa shape index (κ1) is 19.4. The van der Waals surface area contributed by atoms with Crippen LogP contribution >= 0.6 is 15.9 Å². The molecule has 3 aromatic carbocycles. The average Bonchev–Trinajstić information content (AvgIpc) is 2.72. The highest BCUT2D eigenvalue weighted by atomic mass is 79.9. The molecule has 3 N–H and O–H groups in total. The summed E-state index contributed by atoms with van der Waals surface area (Å²) in [7, 11) is 0. The molecule has 1 aromatic heterocycles. The summed E-state index contributed by atoms with van der Waals surface area (Å²) in [6.45, 7) is 2.22. The van der Waals surface area contributed by atoms with Crippen LogP contribution in [0.15, 0.2) is 71.2 Å². The third-order valence-electron chi connectivity index (χ3n) is 4.91. The molecule has 0 saturated carbocycles. The molecule has 1 heterocycles. The summed E-state index contributed by atoms with van der Waals surface area (Å²) in [5, 5.41) is 4.32. The zero-order chi connectivity index (χ0) is 20.2. The van der Waals surface area contributed by atoms with Gasteiger partial charge in [0.2, 0.25) is 5.95 Å². The molecule has 0 bridgehead atoms. The third kappa shape index (κ3) is 4.57. The summed E-state index contributed by atoms with van der Waals surface area (Å²) in [6, 6.07) is 23.0. The molecule has 0 aliphatic carbocycles. The van der Waals surface area contributed by atoms with Gasteiger partial charge in [0.1, 0.15) is 5.82 Å². The maximum absolute atomic E-state index is 5.94. The Morgan fingerprint density at radius 2 is 1.72 bits per heavy atom. The van der Waals surface area contributed by atoms with Gasteiger partial charge in [0.25, 0.3) is 0 Å². The Morgan fingerprint density at radius 3 is 2.48 bits per heavy atom. The molecule has 0 saturated heterocycles. The number of hydrogen-bond donors (Lipinski definition) is 2. The van der Waals surface area contributed by atoms with E-state index in [-0.39, 0.29) is 5.95 Å². The molecule has 5 heteroatoms. The number of aryl methyl sites for hydroxylation is 1. The Balaban J connectivity index is 1.71. The van der Waals surface area contributed by atoms with Crippen LogP contribution < -0.4 is 11.1 Å². The normalized spacial score (nSPS) is 11.0. The summed E-state index contributed by atoms with van der Waals surface area (Å²) < 4.78 is 0.998. The minimum atomic E-state index is 0.253. The molecule has 0 unspecified atom stereocenters. The highest BCUT2D eigenvalue weighted by molar-refractivity contribution is 9.10. The molecule has 29 heavy (non-hydrogen) atoms. The smallest absolute Gasteiger partial charge is 0.222 e. The molecule has 4 nitrogen and oxygen atoms in total. The second-order valence-corrected chi connectivity index (χ2v) is 8.01. The molecule has 0 atom stereocenters. The summed E-state index contributed by atoms with van der Waals surface area (Å²) in [4.78, 5) is 8.84. The summed E-state index contributed by atoms with van der Waals surface area (Å²) in [5.74, 6) is 0.954. The number of unbranched alkanes of at least 4 members (excludes halogenated alkanes) is 1. The molecule has 0 fully saturated rings. The largest absolute Gasteiger partial charge is 0.368 e.